The summed E-state index contributed by atoms with van der Waals surface area (Å²) in [6.45, 7) is 0. The van der Waals surface area contributed by atoms with Gasteiger partial charge < -0.3 is 0 Å². The van der Waals surface area contributed by atoms with Crippen LogP contribution in [0.25, 0.3) is 5.69 Å². The molecular formula is C8H4FNOS3. The molecule has 1 aromatic carbocycles. The summed E-state index contributed by atoms with van der Waals surface area (Å²) in [5.41, 5.74) is 0.610. The zero-order chi connectivity index (χ0) is 10.1. The fourth-order valence-corrected chi connectivity index (χ4v) is 3.18. The molecule has 72 valence electrons. The van der Waals surface area contributed by atoms with E-state index in [4.69, 9.17) is 12.2 Å². The third-order valence-electron chi connectivity index (χ3n) is 1.63. The van der Waals surface area contributed by atoms with E-state index in [9.17, 15) is 9.18 Å². The van der Waals surface area contributed by atoms with Gasteiger partial charge in [0.05, 0.1) is 5.69 Å². The third-order valence-corrected chi connectivity index (χ3v) is 4.27. The standard InChI is InChI=1S/C8H4FNOS3/c9-5-1-3-6(4-2-5)10-7(11)13-14-8(10)12/h1-4H. The lowest BCUT2D eigenvalue weighted by atomic mass is 10.3. The summed E-state index contributed by atoms with van der Waals surface area (Å²) in [6, 6.07) is 5.68. The van der Waals surface area contributed by atoms with E-state index < -0.39 is 0 Å². The van der Waals surface area contributed by atoms with Crippen LogP contribution in [0.5, 0.6) is 0 Å². The molecule has 2 aromatic rings. The quantitative estimate of drug-likeness (QED) is 0.569. The van der Waals surface area contributed by atoms with Crippen LogP contribution in [0, 0.1) is 9.77 Å². The molecular weight excluding hydrogens is 241 g/mol. The third kappa shape index (κ3) is 1.68. The van der Waals surface area contributed by atoms with Gasteiger partial charge >= 0.3 is 4.87 Å². The predicted molar refractivity (Wildman–Crippen MR) is 58.6 cm³/mol. The van der Waals surface area contributed by atoms with E-state index >= 15 is 0 Å². The van der Waals surface area contributed by atoms with Gasteiger partial charge in [-0.3, -0.25) is 4.79 Å². The Labute approximate surface area is 91.3 Å². The zero-order valence-electron chi connectivity index (χ0n) is 6.77. The first-order valence-electron chi connectivity index (χ1n) is 3.66. The molecule has 0 aliphatic rings. The highest BCUT2D eigenvalue weighted by Gasteiger charge is 2.03. The van der Waals surface area contributed by atoms with Crippen LogP contribution in [-0.2, 0) is 0 Å². The second kappa shape index (κ2) is 3.72. The van der Waals surface area contributed by atoms with Gasteiger partial charge in [0.2, 0.25) is 0 Å². The van der Waals surface area contributed by atoms with Crippen molar-refractivity contribution in [2.75, 3.05) is 0 Å². The lowest BCUT2D eigenvalue weighted by molar-refractivity contribution is 0.627. The number of aromatic nitrogens is 1. The Kier molecular flexibility index (Phi) is 2.58. The Bertz CT molecular complexity index is 523. The van der Waals surface area contributed by atoms with Gasteiger partial charge in [-0.05, 0) is 57.2 Å². The van der Waals surface area contributed by atoms with Crippen LogP contribution in [0.4, 0.5) is 4.39 Å². The highest BCUT2D eigenvalue weighted by molar-refractivity contribution is 7.79. The second-order valence-corrected chi connectivity index (χ2v) is 5.22. The van der Waals surface area contributed by atoms with Crippen molar-refractivity contribution in [2.24, 2.45) is 0 Å². The fraction of sp³-hybridized carbons (Fsp3) is 0. The van der Waals surface area contributed by atoms with E-state index in [1.807, 2.05) is 0 Å². The second-order valence-electron chi connectivity index (χ2n) is 2.51. The monoisotopic (exact) mass is 245 g/mol. The first-order valence-corrected chi connectivity index (χ1v) is 6.22. The molecule has 0 aliphatic carbocycles. The predicted octanol–water partition coefficient (Wildman–Crippen LogP) is 2.83. The van der Waals surface area contributed by atoms with E-state index in [0.717, 1.165) is 10.3 Å². The SMILES string of the molecule is O=c1ssc(=S)n1-c1ccc(F)cc1. The summed E-state index contributed by atoms with van der Waals surface area (Å²) in [5.74, 6) is -0.327. The van der Waals surface area contributed by atoms with Crippen molar-refractivity contribution in [3.8, 4) is 5.69 Å². The molecule has 0 N–H and O–H groups in total. The molecule has 6 heteroatoms. The fourth-order valence-electron chi connectivity index (χ4n) is 1.02. The van der Waals surface area contributed by atoms with Crippen molar-refractivity contribution in [2.45, 2.75) is 0 Å². The molecule has 0 saturated carbocycles. The first kappa shape index (κ1) is 9.70. The lowest BCUT2D eigenvalue weighted by Crippen LogP contribution is -2.10. The number of nitrogens with zero attached hydrogens (tertiary/aromatic N) is 1. The van der Waals surface area contributed by atoms with Crippen LogP contribution in [0.3, 0.4) is 0 Å². The molecule has 0 amide bonds. The maximum atomic E-state index is 12.6. The van der Waals surface area contributed by atoms with Crippen molar-refractivity contribution in [3.05, 3.63) is 43.7 Å². The first-order chi connectivity index (χ1) is 6.68. The normalized spacial score (nSPS) is 10.4. The Morgan fingerprint density at radius 2 is 1.86 bits per heavy atom. The number of hydrogen-bond acceptors (Lipinski definition) is 4. The van der Waals surface area contributed by atoms with Crippen molar-refractivity contribution >= 4 is 32.9 Å². The Hall–Kier alpha value is -0.850. The summed E-state index contributed by atoms with van der Waals surface area (Å²) in [5, 5.41) is 0. The maximum Gasteiger partial charge on any atom is 0.323 e. The van der Waals surface area contributed by atoms with Crippen molar-refractivity contribution < 1.29 is 4.39 Å². The van der Waals surface area contributed by atoms with Gasteiger partial charge in [0, 0.05) is 0 Å². The summed E-state index contributed by atoms with van der Waals surface area (Å²) in [4.78, 5) is 11.2. The smallest absolute Gasteiger partial charge is 0.255 e. The van der Waals surface area contributed by atoms with Gasteiger partial charge in [0.1, 0.15) is 5.82 Å². The van der Waals surface area contributed by atoms with Gasteiger partial charge in [-0.1, -0.05) is 0 Å². The van der Waals surface area contributed by atoms with Crippen LogP contribution in [-0.4, -0.2) is 4.57 Å². The summed E-state index contributed by atoms with van der Waals surface area (Å²) in [7, 11) is 2.32. The minimum Gasteiger partial charge on any atom is -0.255 e. The van der Waals surface area contributed by atoms with Gasteiger partial charge in [-0.25, -0.2) is 8.96 Å². The lowest BCUT2D eigenvalue weighted by Gasteiger charge is -1.98. The minimum absolute atomic E-state index is 0.133. The number of hydrogen-bond donors (Lipinski definition) is 0. The van der Waals surface area contributed by atoms with E-state index in [0.29, 0.717) is 9.64 Å². The summed E-state index contributed by atoms with van der Waals surface area (Å²) < 4.78 is 14.5. The molecule has 2 nitrogen and oxygen atoms in total. The highest BCUT2D eigenvalue weighted by Crippen LogP contribution is 2.12. The molecule has 0 saturated heterocycles. The topological polar surface area (TPSA) is 22.0 Å². The van der Waals surface area contributed by atoms with Crippen LogP contribution >= 0.6 is 32.9 Å². The molecule has 1 heterocycles. The molecule has 0 atom stereocenters. The maximum absolute atomic E-state index is 12.6. The van der Waals surface area contributed by atoms with Gasteiger partial charge in [0.25, 0.3) is 0 Å². The van der Waals surface area contributed by atoms with Crippen LogP contribution in [0.2, 0.25) is 0 Å². The molecule has 2 rings (SSSR count). The van der Waals surface area contributed by atoms with Crippen molar-refractivity contribution in [1.29, 1.82) is 0 Å². The summed E-state index contributed by atoms with van der Waals surface area (Å²) in [6.07, 6.45) is 0. The molecule has 0 aliphatic heterocycles. The highest BCUT2D eigenvalue weighted by atomic mass is 32.9. The molecule has 0 fully saturated rings. The Balaban J connectivity index is 2.66. The molecule has 0 unspecified atom stereocenters. The van der Waals surface area contributed by atoms with Crippen molar-refractivity contribution in [1.82, 2.24) is 4.57 Å². The molecule has 0 radical (unpaired) electrons. The number of halogens is 1. The molecule has 1 aromatic heterocycles. The zero-order valence-corrected chi connectivity index (χ0v) is 9.22. The van der Waals surface area contributed by atoms with Gasteiger partial charge in [-0.2, -0.15) is 0 Å². The van der Waals surface area contributed by atoms with Crippen LogP contribution < -0.4 is 4.87 Å². The molecule has 0 bridgehead atoms. The molecule has 14 heavy (non-hydrogen) atoms. The summed E-state index contributed by atoms with van der Waals surface area (Å²) >= 11 is 4.99. The van der Waals surface area contributed by atoms with Crippen molar-refractivity contribution in [3.63, 3.8) is 0 Å². The van der Waals surface area contributed by atoms with Gasteiger partial charge in [0.15, 0.2) is 3.95 Å². The average Bonchev–Trinajstić information content (AvgIpc) is 2.49. The van der Waals surface area contributed by atoms with Crippen LogP contribution in [0.15, 0.2) is 29.1 Å². The Morgan fingerprint density at radius 3 is 2.36 bits per heavy atom. The van der Waals surface area contributed by atoms with E-state index in [1.165, 1.54) is 39.2 Å². The van der Waals surface area contributed by atoms with Gasteiger partial charge in [-0.15, -0.1) is 0 Å². The van der Waals surface area contributed by atoms with Crippen LogP contribution in [0.1, 0.15) is 0 Å². The Morgan fingerprint density at radius 1 is 1.21 bits per heavy atom. The van der Waals surface area contributed by atoms with E-state index in [-0.39, 0.29) is 10.7 Å². The minimum atomic E-state index is -0.327. The number of rotatable bonds is 1. The molecule has 0 spiro atoms. The van der Waals surface area contributed by atoms with E-state index in [2.05, 4.69) is 0 Å². The average molecular weight is 245 g/mol. The number of benzene rings is 1. The van der Waals surface area contributed by atoms with E-state index in [1.54, 1.807) is 0 Å². The largest absolute Gasteiger partial charge is 0.323 e.